The molecule has 3 aromatic rings. The zero-order chi connectivity index (χ0) is 26.1. The number of methoxy groups -OCH3 is 4. The van der Waals surface area contributed by atoms with E-state index < -0.39 is 4.92 Å². The molecule has 0 fully saturated rings. The van der Waals surface area contributed by atoms with Crippen molar-refractivity contribution in [3.05, 3.63) is 81.9 Å². The first-order chi connectivity index (χ1) is 17.4. The molecule has 0 aliphatic heterocycles. The lowest BCUT2D eigenvalue weighted by Gasteiger charge is -2.12. The summed E-state index contributed by atoms with van der Waals surface area (Å²) < 4.78 is 21.4. The Morgan fingerprint density at radius 1 is 0.889 bits per heavy atom. The average molecular weight is 492 g/mol. The van der Waals surface area contributed by atoms with Gasteiger partial charge in [-0.05, 0) is 42.0 Å². The molecule has 0 heterocycles. The highest BCUT2D eigenvalue weighted by Crippen LogP contribution is 2.35. The van der Waals surface area contributed by atoms with Crippen LogP contribution < -0.4 is 24.3 Å². The molecule has 186 valence electrons. The Morgan fingerprint density at radius 2 is 1.53 bits per heavy atom. The Labute approximate surface area is 207 Å². The van der Waals surface area contributed by atoms with Crippen molar-refractivity contribution >= 4 is 35.3 Å². The largest absolute Gasteiger partial charge is 0.496 e. The zero-order valence-corrected chi connectivity index (χ0v) is 20.2. The van der Waals surface area contributed by atoms with Crippen LogP contribution in [0.3, 0.4) is 0 Å². The first-order valence-electron chi connectivity index (χ1n) is 10.6. The molecule has 3 rings (SSSR count). The summed E-state index contributed by atoms with van der Waals surface area (Å²) in [6.45, 7) is 0. The molecule has 0 aromatic heterocycles. The van der Waals surface area contributed by atoms with Crippen molar-refractivity contribution in [2.75, 3.05) is 33.8 Å². The number of nitrogens with one attached hydrogen (secondary N) is 1. The number of carbonyl (C=O) groups excluding carboxylic acids is 1. The first-order valence-corrected chi connectivity index (χ1v) is 10.6. The summed E-state index contributed by atoms with van der Waals surface area (Å²) >= 11 is 0. The summed E-state index contributed by atoms with van der Waals surface area (Å²) in [6.07, 6.45) is 4.50. The second-order valence-electron chi connectivity index (χ2n) is 7.26. The molecular weight excluding hydrogens is 466 g/mol. The molecule has 0 radical (unpaired) electrons. The smallest absolute Gasteiger partial charge is 0.269 e. The van der Waals surface area contributed by atoms with Crippen LogP contribution in [0.1, 0.15) is 11.1 Å². The zero-order valence-electron chi connectivity index (χ0n) is 20.2. The highest BCUT2D eigenvalue weighted by Gasteiger charge is 2.12. The monoisotopic (exact) mass is 491 g/mol. The molecule has 0 spiro atoms. The Balaban J connectivity index is 1.79. The number of nitro benzene ring substituents is 1. The molecule has 0 unspecified atom stereocenters. The van der Waals surface area contributed by atoms with E-state index in [1.54, 1.807) is 54.8 Å². The second kappa shape index (κ2) is 12.0. The van der Waals surface area contributed by atoms with Crippen LogP contribution in [0.15, 0.2) is 65.7 Å². The molecule has 0 bridgehead atoms. The Kier molecular flexibility index (Phi) is 8.60. The van der Waals surface area contributed by atoms with Gasteiger partial charge in [0.15, 0.2) is 0 Å². The van der Waals surface area contributed by atoms with Crippen LogP contribution in [0.5, 0.6) is 23.0 Å². The number of nitrogens with zero attached hydrogens (tertiary/aromatic N) is 2. The minimum absolute atomic E-state index is 0.00706. The molecule has 0 aliphatic rings. The summed E-state index contributed by atoms with van der Waals surface area (Å²) in [5.74, 6) is 1.65. The lowest BCUT2D eigenvalue weighted by Crippen LogP contribution is -2.07. The third kappa shape index (κ3) is 6.38. The maximum atomic E-state index is 12.6. The molecule has 0 atom stereocenters. The Bertz CT molecular complexity index is 1280. The number of aliphatic imine (C=N–C) groups is 1. The van der Waals surface area contributed by atoms with Gasteiger partial charge in [0.05, 0.1) is 38.9 Å². The van der Waals surface area contributed by atoms with E-state index in [2.05, 4.69) is 10.3 Å². The van der Waals surface area contributed by atoms with Crippen LogP contribution in [-0.2, 0) is 4.79 Å². The van der Waals surface area contributed by atoms with Gasteiger partial charge in [-0.25, -0.2) is 0 Å². The van der Waals surface area contributed by atoms with E-state index in [4.69, 9.17) is 18.9 Å². The summed E-state index contributed by atoms with van der Waals surface area (Å²) in [5.41, 5.74) is 2.21. The van der Waals surface area contributed by atoms with Crippen LogP contribution in [-0.4, -0.2) is 45.5 Å². The minimum atomic E-state index is -0.467. The third-order valence-corrected chi connectivity index (χ3v) is 5.06. The van der Waals surface area contributed by atoms with Gasteiger partial charge < -0.3 is 24.3 Å². The number of hydrogen-bond acceptors (Lipinski definition) is 8. The fourth-order valence-electron chi connectivity index (χ4n) is 3.23. The maximum Gasteiger partial charge on any atom is 0.269 e. The van der Waals surface area contributed by atoms with Crippen LogP contribution in [0.4, 0.5) is 17.1 Å². The van der Waals surface area contributed by atoms with Crippen LogP contribution in [0.25, 0.3) is 6.08 Å². The fraction of sp³-hybridized carbons (Fsp3) is 0.154. The molecular formula is C26H25N3O7. The summed E-state index contributed by atoms with van der Waals surface area (Å²) in [4.78, 5) is 27.4. The van der Waals surface area contributed by atoms with Crippen molar-refractivity contribution in [3.63, 3.8) is 0 Å². The van der Waals surface area contributed by atoms with Crippen molar-refractivity contribution in [1.29, 1.82) is 0 Å². The lowest BCUT2D eigenvalue weighted by atomic mass is 10.1. The van der Waals surface area contributed by atoms with Crippen molar-refractivity contribution in [1.82, 2.24) is 0 Å². The number of non-ortho nitro benzene ring substituents is 1. The Hall–Kier alpha value is -4.86. The van der Waals surface area contributed by atoms with Gasteiger partial charge in [0, 0.05) is 42.2 Å². The van der Waals surface area contributed by atoms with Gasteiger partial charge in [0.25, 0.3) is 5.69 Å². The molecule has 36 heavy (non-hydrogen) atoms. The molecule has 1 amide bonds. The van der Waals surface area contributed by atoms with E-state index in [9.17, 15) is 14.9 Å². The lowest BCUT2D eigenvalue weighted by molar-refractivity contribution is -0.384. The minimum Gasteiger partial charge on any atom is -0.496 e. The topological polar surface area (TPSA) is 122 Å². The normalized spacial score (nSPS) is 10.9. The van der Waals surface area contributed by atoms with Crippen molar-refractivity contribution in [2.24, 2.45) is 4.99 Å². The number of rotatable bonds is 10. The average Bonchev–Trinajstić information content (AvgIpc) is 2.90. The van der Waals surface area contributed by atoms with E-state index >= 15 is 0 Å². The van der Waals surface area contributed by atoms with Crippen LogP contribution in [0, 0.1) is 10.1 Å². The van der Waals surface area contributed by atoms with Gasteiger partial charge in [-0.3, -0.25) is 19.9 Å². The molecule has 10 heteroatoms. The number of carbonyl (C=O) groups is 1. The first kappa shape index (κ1) is 25.8. The van der Waals surface area contributed by atoms with E-state index in [1.807, 2.05) is 0 Å². The quantitative estimate of drug-likeness (QED) is 0.183. The molecule has 0 saturated carbocycles. The Morgan fingerprint density at radius 3 is 2.08 bits per heavy atom. The highest BCUT2D eigenvalue weighted by atomic mass is 16.6. The molecule has 0 saturated heterocycles. The van der Waals surface area contributed by atoms with Gasteiger partial charge in [-0.15, -0.1) is 0 Å². The molecule has 1 N–H and O–H groups in total. The van der Waals surface area contributed by atoms with Crippen LogP contribution in [0.2, 0.25) is 0 Å². The predicted molar refractivity (Wildman–Crippen MR) is 137 cm³/mol. The van der Waals surface area contributed by atoms with Gasteiger partial charge in [0.2, 0.25) is 5.91 Å². The van der Waals surface area contributed by atoms with Gasteiger partial charge >= 0.3 is 0 Å². The number of hydrogen-bond donors (Lipinski definition) is 1. The van der Waals surface area contributed by atoms with E-state index in [-0.39, 0.29) is 11.6 Å². The SMILES string of the molecule is COc1cc(OC)c(/C=C/C(=O)Nc2ccc(OC)c(N=Cc3ccc([N+](=O)[O-])cc3)c2)c(OC)c1. The maximum absolute atomic E-state index is 12.6. The number of nitro groups is 1. The van der Waals surface area contributed by atoms with E-state index in [1.165, 1.54) is 46.6 Å². The highest BCUT2D eigenvalue weighted by molar-refractivity contribution is 6.02. The van der Waals surface area contributed by atoms with E-state index in [0.717, 1.165) is 0 Å². The molecule has 3 aromatic carbocycles. The summed E-state index contributed by atoms with van der Waals surface area (Å²) in [7, 11) is 6.08. The number of anilines is 1. The van der Waals surface area contributed by atoms with E-state index in [0.29, 0.717) is 45.5 Å². The van der Waals surface area contributed by atoms with Crippen molar-refractivity contribution < 1.29 is 28.7 Å². The fourth-order valence-corrected chi connectivity index (χ4v) is 3.23. The number of ether oxygens (including phenoxy) is 4. The van der Waals surface area contributed by atoms with Gasteiger partial charge in [-0.1, -0.05) is 0 Å². The number of benzene rings is 3. The molecule has 10 nitrogen and oxygen atoms in total. The van der Waals surface area contributed by atoms with Crippen LogP contribution >= 0.6 is 0 Å². The predicted octanol–water partition coefficient (Wildman–Crippen LogP) is 5.03. The summed E-state index contributed by atoms with van der Waals surface area (Å²) in [6, 6.07) is 14.4. The van der Waals surface area contributed by atoms with Crippen molar-refractivity contribution in [2.45, 2.75) is 0 Å². The second-order valence-corrected chi connectivity index (χ2v) is 7.26. The number of amides is 1. The van der Waals surface area contributed by atoms with Gasteiger partial charge in [0.1, 0.15) is 28.7 Å². The third-order valence-electron chi connectivity index (χ3n) is 5.06. The standard InChI is InChI=1S/C26H25N3O7/c1-33-20-14-24(35-3)21(25(15-20)36-4)10-12-26(30)28-18-7-11-23(34-2)22(13-18)27-16-17-5-8-19(9-6-17)29(31)32/h5-16H,1-4H3,(H,28,30)/b12-10+,27-16?. The van der Waals surface area contributed by atoms with Gasteiger partial charge in [-0.2, -0.15) is 0 Å². The summed E-state index contributed by atoms with van der Waals surface area (Å²) in [5, 5.41) is 13.6. The van der Waals surface area contributed by atoms with Crippen molar-refractivity contribution in [3.8, 4) is 23.0 Å². The molecule has 0 aliphatic carbocycles.